The molecule has 0 saturated carbocycles. The number of nitrogens with one attached hydrogen (secondary N) is 2. The Kier molecular flexibility index (Phi) is 4.81. The van der Waals surface area contributed by atoms with Crippen LogP contribution in [0.25, 0.3) is 10.9 Å². The Balaban J connectivity index is 1.38. The van der Waals surface area contributed by atoms with Gasteiger partial charge in [0.15, 0.2) is 0 Å². The van der Waals surface area contributed by atoms with Gasteiger partial charge in [-0.15, -0.1) is 0 Å². The first-order valence-electron chi connectivity index (χ1n) is 9.10. The molecule has 4 rings (SSSR count). The van der Waals surface area contributed by atoms with Crippen LogP contribution in [0.2, 0.25) is 0 Å². The monoisotopic (exact) mass is 383 g/mol. The third-order valence-electron chi connectivity index (χ3n) is 5.10. The number of amides is 2. The lowest BCUT2D eigenvalue weighted by molar-refractivity contribution is -0.128. The van der Waals surface area contributed by atoms with Gasteiger partial charge in [0.2, 0.25) is 11.8 Å². The zero-order chi connectivity index (χ0) is 19.7. The number of benzene rings is 2. The molecule has 2 amide bonds. The summed E-state index contributed by atoms with van der Waals surface area (Å²) in [6.07, 6.45) is 2.46. The first-order valence-corrected chi connectivity index (χ1v) is 9.10. The molecule has 7 heteroatoms. The van der Waals surface area contributed by atoms with Crippen molar-refractivity contribution in [3.63, 3.8) is 0 Å². The van der Waals surface area contributed by atoms with E-state index in [4.69, 9.17) is 0 Å². The quantitative estimate of drug-likeness (QED) is 0.709. The van der Waals surface area contributed by atoms with Gasteiger partial charge in [0.05, 0.1) is 11.6 Å². The maximum atomic E-state index is 13.7. The van der Waals surface area contributed by atoms with Crippen molar-refractivity contribution in [2.45, 2.75) is 12.8 Å². The van der Waals surface area contributed by atoms with Crippen LogP contribution in [0.4, 0.5) is 14.5 Å². The summed E-state index contributed by atoms with van der Waals surface area (Å²) >= 11 is 0. The van der Waals surface area contributed by atoms with E-state index in [9.17, 15) is 18.4 Å². The van der Waals surface area contributed by atoms with E-state index >= 15 is 0 Å². The molecule has 3 aromatic rings. The molecule has 2 heterocycles. The summed E-state index contributed by atoms with van der Waals surface area (Å²) in [6.45, 7) is 0.724. The molecule has 1 aromatic heterocycles. The minimum Gasteiger partial charge on any atom is -0.361 e. The summed E-state index contributed by atoms with van der Waals surface area (Å²) < 4.78 is 27.2. The van der Waals surface area contributed by atoms with E-state index in [0.717, 1.165) is 16.5 Å². The fraction of sp³-hybridized carbons (Fsp3) is 0.238. The molecule has 144 valence electrons. The SMILES string of the molecule is O=C(Nc1ccccc1F)[C@H]1CC(=O)N(CCc2c[nH]c3ccc(F)cc23)C1. The number of halogens is 2. The Labute approximate surface area is 160 Å². The number of anilines is 1. The van der Waals surface area contributed by atoms with Crippen molar-refractivity contribution in [1.29, 1.82) is 0 Å². The van der Waals surface area contributed by atoms with Crippen LogP contribution in [0.5, 0.6) is 0 Å². The number of H-pyrrole nitrogens is 1. The van der Waals surface area contributed by atoms with Gasteiger partial charge < -0.3 is 15.2 Å². The number of carbonyl (C=O) groups is 2. The fourth-order valence-corrected chi connectivity index (χ4v) is 3.57. The van der Waals surface area contributed by atoms with Crippen molar-refractivity contribution < 1.29 is 18.4 Å². The van der Waals surface area contributed by atoms with Gasteiger partial charge in [-0.1, -0.05) is 12.1 Å². The highest BCUT2D eigenvalue weighted by molar-refractivity contribution is 5.97. The van der Waals surface area contributed by atoms with Crippen molar-refractivity contribution in [3.05, 3.63) is 65.9 Å². The van der Waals surface area contributed by atoms with Crippen molar-refractivity contribution in [1.82, 2.24) is 9.88 Å². The minimum absolute atomic E-state index is 0.1000. The largest absolute Gasteiger partial charge is 0.361 e. The Morgan fingerprint density at radius 1 is 1.21 bits per heavy atom. The summed E-state index contributed by atoms with van der Waals surface area (Å²) in [6, 6.07) is 10.5. The number of aromatic nitrogens is 1. The van der Waals surface area contributed by atoms with E-state index in [1.54, 1.807) is 23.1 Å². The highest BCUT2D eigenvalue weighted by Crippen LogP contribution is 2.24. The smallest absolute Gasteiger partial charge is 0.229 e. The standard InChI is InChI=1S/C21H19F2N3O2/c22-15-5-6-18-16(10-15)13(11-24-18)7-8-26-12-14(9-20(26)27)21(28)25-19-4-2-1-3-17(19)23/h1-6,10-11,14,24H,7-9,12H2,(H,25,28)/t14-/m0/s1. The van der Waals surface area contributed by atoms with Gasteiger partial charge in [0.1, 0.15) is 11.6 Å². The molecular formula is C21H19F2N3O2. The first-order chi connectivity index (χ1) is 13.5. The summed E-state index contributed by atoms with van der Waals surface area (Å²) in [4.78, 5) is 29.4. The lowest BCUT2D eigenvalue weighted by atomic mass is 10.1. The van der Waals surface area contributed by atoms with Crippen molar-refractivity contribution >= 4 is 28.4 Å². The van der Waals surface area contributed by atoms with Gasteiger partial charge in [-0.05, 0) is 42.3 Å². The third kappa shape index (κ3) is 3.60. The fourth-order valence-electron chi connectivity index (χ4n) is 3.57. The van der Waals surface area contributed by atoms with Gasteiger partial charge in [-0.25, -0.2) is 8.78 Å². The van der Waals surface area contributed by atoms with E-state index in [0.29, 0.717) is 13.0 Å². The van der Waals surface area contributed by atoms with Crippen LogP contribution < -0.4 is 5.32 Å². The van der Waals surface area contributed by atoms with Crippen LogP contribution in [0.15, 0.2) is 48.7 Å². The zero-order valence-electron chi connectivity index (χ0n) is 15.0. The van der Waals surface area contributed by atoms with Crippen LogP contribution in [-0.2, 0) is 16.0 Å². The number of nitrogens with zero attached hydrogens (tertiary/aromatic N) is 1. The van der Waals surface area contributed by atoms with Gasteiger partial charge in [0.25, 0.3) is 0 Å². The second-order valence-electron chi connectivity index (χ2n) is 6.96. The van der Waals surface area contributed by atoms with E-state index in [-0.39, 0.29) is 36.3 Å². The van der Waals surface area contributed by atoms with E-state index < -0.39 is 11.7 Å². The Bertz CT molecular complexity index is 1050. The molecule has 2 aromatic carbocycles. The average molecular weight is 383 g/mol. The number of hydrogen-bond acceptors (Lipinski definition) is 2. The summed E-state index contributed by atoms with van der Waals surface area (Å²) in [5.74, 6) is -1.82. The molecule has 0 spiro atoms. The highest BCUT2D eigenvalue weighted by atomic mass is 19.1. The number of fused-ring (bicyclic) bond motifs is 1. The van der Waals surface area contributed by atoms with Crippen molar-refractivity contribution in [2.75, 3.05) is 18.4 Å². The van der Waals surface area contributed by atoms with Gasteiger partial charge in [-0.2, -0.15) is 0 Å². The molecule has 0 bridgehead atoms. The number of rotatable bonds is 5. The first kappa shape index (κ1) is 18.2. The molecule has 28 heavy (non-hydrogen) atoms. The molecular weight excluding hydrogens is 364 g/mol. The Hall–Kier alpha value is -3.22. The molecule has 0 unspecified atom stereocenters. The van der Waals surface area contributed by atoms with Gasteiger partial charge in [0, 0.05) is 36.6 Å². The summed E-state index contributed by atoms with van der Waals surface area (Å²) in [7, 11) is 0. The second-order valence-corrected chi connectivity index (χ2v) is 6.96. The van der Waals surface area contributed by atoms with E-state index in [1.165, 1.54) is 24.3 Å². The van der Waals surface area contributed by atoms with Crippen LogP contribution in [0.3, 0.4) is 0 Å². The van der Waals surface area contributed by atoms with Crippen LogP contribution in [-0.4, -0.2) is 34.8 Å². The zero-order valence-corrected chi connectivity index (χ0v) is 15.0. The number of para-hydroxylation sites is 1. The molecule has 5 nitrogen and oxygen atoms in total. The van der Waals surface area contributed by atoms with E-state index in [1.807, 2.05) is 6.20 Å². The summed E-state index contributed by atoms with van der Waals surface area (Å²) in [5.41, 5.74) is 1.87. The Morgan fingerprint density at radius 3 is 2.86 bits per heavy atom. The normalized spacial score (nSPS) is 16.7. The van der Waals surface area contributed by atoms with Gasteiger partial charge >= 0.3 is 0 Å². The van der Waals surface area contributed by atoms with E-state index in [2.05, 4.69) is 10.3 Å². The van der Waals surface area contributed by atoms with Crippen LogP contribution >= 0.6 is 0 Å². The molecule has 1 atom stereocenters. The molecule has 1 aliphatic heterocycles. The number of likely N-dealkylation sites (tertiary alicyclic amines) is 1. The maximum absolute atomic E-state index is 13.7. The second kappa shape index (κ2) is 7.42. The minimum atomic E-state index is -0.521. The lowest BCUT2D eigenvalue weighted by Crippen LogP contribution is -2.30. The Morgan fingerprint density at radius 2 is 2.04 bits per heavy atom. The van der Waals surface area contributed by atoms with Crippen LogP contribution in [0.1, 0.15) is 12.0 Å². The topological polar surface area (TPSA) is 65.2 Å². The number of carbonyl (C=O) groups excluding carboxylic acids is 2. The van der Waals surface area contributed by atoms with Crippen molar-refractivity contribution in [2.24, 2.45) is 5.92 Å². The van der Waals surface area contributed by atoms with Gasteiger partial charge in [-0.3, -0.25) is 9.59 Å². The van der Waals surface area contributed by atoms with Crippen molar-refractivity contribution in [3.8, 4) is 0 Å². The predicted molar refractivity (Wildman–Crippen MR) is 102 cm³/mol. The molecule has 1 saturated heterocycles. The number of hydrogen-bond donors (Lipinski definition) is 2. The molecule has 2 N–H and O–H groups in total. The average Bonchev–Trinajstić information content (AvgIpc) is 3.25. The third-order valence-corrected chi connectivity index (χ3v) is 5.10. The molecule has 0 radical (unpaired) electrons. The lowest BCUT2D eigenvalue weighted by Gasteiger charge is -2.16. The molecule has 1 aliphatic rings. The molecule has 0 aliphatic carbocycles. The highest BCUT2D eigenvalue weighted by Gasteiger charge is 2.34. The predicted octanol–water partition coefficient (Wildman–Crippen LogP) is 3.48. The summed E-state index contributed by atoms with van der Waals surface area (Å²) in [5, 5.41) is 3.35. The number of aromatic amines is 1. The molecule has 1 fully saturated rings. The van der Waals surface area contributed by atoms with Crippen LogP contribution in [0, 0.1) is 17.6 Å². The maximum Gasteiger partial charge on any atom is 0.229 e.